The molecule has 0 aromatic heterocycles. The smallest absolute Gasteiger partial charge is 0.0808 e. The fourth-order valence-electron chi connectivity index (χ4n) is 3.28. The van der Waals surface area contributed by atoms with Gasteiger partial charge in [0.1, 0.15) is 8.07 Å². The molecule has 0 spiro atoms. The van der Waals surface area contributed by atoms with Crippen molar-refractivity contribution < 1.29 is 0 Å². The first-order chi connectivity index (χ1) is 10.7. The number of hydrogen-bond acceptors (Lipinski definition) is 0. The van der Waals surface area contributed by atoms with Crippen molar-refractivity contribution in [3.63, 3.8) is 0 Å². The van der Waals surface area contributed by atoms with Gasteiger partial charge in [0.05, 0.1) is 0 Å². The van der Waals surface area contributed by atoms with E-state index in [2.05, 4.69) is 96.1 Å². The van der Waals surface area contributed by atoms with Crippen LogP contribution in [0.5, 0.6) is 0 Å². The van der Waals surface area contributed by atoms with Crippen LogP contribution < -0.4 is 0 Å². The second-order valence-electron chi connectivity index (χ2n) is 5.84. The third-order valence-corrected chi connectivity index (χ3v) is 12.0. The fourth-order valence-corrected chi connectivity index (χ4v) is 9.04. The molecule has 0 nitrogen and oxygen atoms in total. The molecule has 0 saturated carbocycles. The average Bonchev–Trinajstić information content (AvgIpc) is 2.90. The second kappa shape index (κ2) is 6.39. The summed E-state index contributed by atoms with van der Waals surface area (Å²) in [5, 5.41) is 0. The molecule has 0 radical (unpaired) electrons. The van der Waals surface area contributed by atoms with E-state index in [4.69, 9.17) is 0 Å². The first-order valence-electron chi connectivity index (χ1n) is 7.96. The van der Waals surface area contributed by atoms with Crippen LogP contribution in [0.1, 0.15) is 25.0 Å². The third-order valence-electron chi connectivity index (χ3n) is 4.76. The van der Waals surface area contributed by atoms with Crippen LogP contribution in [-0.2, 0) is 0 Å². The van der Waals surface area contributed by atoms with Crippen molar-refractivity contribution in [2.75, 3.05) is 0 Å². The lowest BCUT2D eigenvalue weighted by Crippen LogP contribution is -2.29. The molecule has 0 bridgehead atoms. The Kier molecular flexibility index (Phi) is 4.51. The molecule has 1 aliphatic rings. The molecule has 0 N–H and O–H groups in total. The molecule has 3 rings (SSSR count). The SMILES string of the molecule is CC[Si]1(CC)C=C(c2ccccc2)C(c2ccccc2)=C1Br. The van der Waals surface area contributed by atoms with Crippen molar-refractivity contribution in [3.8, 4) is 0 Å². The number of hydrogen-bond donors (Lipinski definition) is 0. The molecule has 112 valence electrons. The van der Waals surface area contributed by atoms with Crippen LogP contribution in [-0.4, -0.2) is 8.07 Å². The van der Waals surface area contributed by atoms with E-state index in [9.17, 15) is 0 Å². The summed E-state index contributed by atoms with van der Waals surface area (Å²) < 4.78 is 1.47. The maximum Gasteiger partial charge on any atom is 0.120 e. The predicted molar refractivity (Wildman–Crippen MR) is 103 cm³/mol. The normalized spacial score (nSPS) is 16.8. The Morgan fingerprint density at radius 2 is 1.27 bits per heavy atom. The van der Waals surface area contributed by atoms with Gasteiger partial charge in [0.25, 0.3) is 0 Å². The van der Waals surface area contributed by atoms with Crippen molar-refractivity contribution in [3.05, 3.63) is 81.6 Å². The van der Waals surface area contributed by atoms with Gasteiger partial charge in [-0.2, -0.15) is 0 Å². The molecule has 0 amide bonds. The van der Waals surface area contributed by atoms with Gasteiger partial charge in [0.2, 0.25) is 0 Å². The minimum absolute atomic E-state index is 1.25. The van der Waals surface area contributed by atoms with Crippen LogP contribution in [0, 0.1) is 0 Å². The summed E-state index contributed by atoms with van der Waals surface area (Å²) in [6.45, 7) is 4.67. The highest BCUT2D eigenvalue weighted by Crippen LogP contribution is 2.49. The molecule has 2 aromatic carbocycles. The largest absolute Gasteiger partial charge is 0.120 e. The van der Waals surface area contributed by atoms with Crippen molar-refractivity contribution >= 4 is 35.2 Å². The molecule has 0 fully saturated rings. The van der Waals surface area contributed by atoms with Gasteiger partial charge < -0.3 is 0 Å². The summed E-state index contributed by atoms with van der Waals surface area (Å²) in [4.78, 5) is 0. The van der Waals surface area contributed by atoms with Gasteiger partial charge in [-0.25, -0.2) is 0 Å². The standard InChI is InChI=1S/C20H21BrSi/c1-3-22(4-2)15-18(16-11-7-5-8-12-16)19(20(22)21)17-13-9-6-10-14-17/h5-15H,3-4H2,1-2H3. The van der Waals surface area contributed by atoms with Crippen molar-refractivity contribution in [1.29, 1.82) is 0 Å². The third kappa shape index (κ3) is 2.55. The van der Waals surface area contributed by atoms with Gasteiger partial charge in [-0.3, -0.25) is 0 Å². The summed E-state index contributed by atoms with van der Waals surface area (Å²) in [6, 6.07) is 24.1. The van der Waals surface area contributed by atoms with Gasteiger partial charge in [-0.05, 0) is 26.4 Å². The second-order valence-corrected chi connectivity index (χ2v) is 11.9. The van der Waals surface area contributed by atoms with E-state index in [1.54, 1.807) is 0 Å². The minimum Gasteiger partial charge on any atom is -0.0808 e. The van der Waals surface area contributed by atoms with Crippen molar-refractivity contribution in [2.24, 2.45) is 0 Å². The first kappa shape index (κ1) is 15.5. The lowest BCUT2D eigenvalue weighted by Gasteiger charge is -2.22. The molecule has 0 unspecified atom stereocenters. The zero-order valence-electron chi connectivity index (χ0n) is 13.1. The van der Waals surface area contributed by atoms with Crippen LogP contribution in [0.2, 0.25) is 12.1 Å². The van der Waals surface area contributed by atoms with Crippen LogP contribution in [0.3, 0.4) is 0 Å². The predicted octanol–water partition coefficient (Wildman–Crippen LogP) is 6.46. The average molecular weight is 369 g/mol. The number of allylic oxidation sites excluding steroid dienone is 2. The summed E-state index contributed by atoms with van der Waals surface area (Å²) in [5.74, 6) is 0. The van der Waals surface area contributed by atoms with Gasteiger partial charge in [-0.1, -0.05) is 108 Å². The van der Waals surface area contributed by atoms with Gasteiger partial charge >= 0.3 is 0 Å². The quantitative estimate of drug-likeness (QED) is 0.543. The van der Waals surface area contributed by atoms with E-state index < -0.39 is 8.07 Å². The Balaban J connectivity index is 2.22. The Labute approximate surface area is 142 Å². The van der Waals surface area contributed by atoms with Crippen LogP contribution >= 0.6 is 15.9 Å². The van der Waals surface area contributed by atoms with E-state index in [0.717, 1.165) is 0 Å². The number of halogens is 1. The lowest BCUT2D eigenvalue weighted by molar-refractivity contribution is 1.29. The highest BCUT2D eigenvalue weighted by molar-refractivity contribution is 9.12. The topological polar surface area (TPSA) is 0 Å². The van der Waals surface area contributed by atoms with Crippen LogP contribution in [0.15, 0.2) is 70.5 Å². The summed E-state index contributed by atoms with van der Waals surface area (Å²) >= 11 is 4.01. The van der Waals surface area contributed by atoms with Gasteiger partial charge in [0.15, 0.2) is 0 Å². The van der Waals surface area contributed by atoms with Crippen LogP contribution in [0.4, 0.5) is 0 Å². The number of benzene rings is 2. The maximum absolute atomic E-state index is 4.01. The highest BCUT2D eigenvalue weighted by Gasteiger charge is 2.39. The monoisotopic (exact) mass is 368 g/mol. The highest BCUT2D eigenvalue weighted by atomic mass is 79.9. The zero-order valence-corrected chi connectivity index (χ0v) is 15.7. The van der Waals surface area contributed by atoms with E-state index in [-0.39, 0.29) is 0 Å². The maximum atomic E-state index is 4.01. The Hall–Kier alpha value is -1.38. The summed E-state index contributed by atoms with van der Waals surface area (Å²) in [7, 11) is -1.54. The molecular formula is C20H21BrSi. The van der Waals surface area contributed by atoms with E-state index >= 15 is 0 Å². The molecule has 0 saturated heterocycles. The molecule has 2 heteroatoms. The first-order valence-corrected chi connectivity index (χ1v) is 11.2. The van der Waals surface area contributed by atoms with E-state index in [0.29, 0.717) is 0 Å². The van der Waals surface area contributed by atoms with Crippen molar-refractivity contribution in [1.82, 2.24) is 0 Å². The number of rotatable bonds is 4. The summed E-state index contributed by atoms with van der Waals surface area (Å²) in [6.07, 6.45) is 0. The molecule has 0 atom stereocenters. The zero-order chi connectivity index (χ0) is 15.6. The Morgan fingerprint density at radius 3 is 1.77 bits per heavy atom. The van der Waals surface area contributed by atoms with Crippen LogP contribution in [0.25, 0.3) is 11.1 Å². The molecule has 0 aliphatic carbocycles. The Morgan fingerprint density at radius 1 is 0.773 bits per heavy atom. The van der Waals surface area contributed by atoms with E-state index in [1.807, 2.05) is 0 Å². The minimum atomic E-state index is -1.54. The molecule has 1 heterocycles. The molecule has 22 heavy (non-hydrogen) atoms. The fraction of sp³-hybridized carbons (Fsp3) is 0.200. The Bertz CT molecular complexity index is 710. The lowest BCUT2D eigenvalue weighted by atomic mass is 9.95. The summed E-state index contributed by atoms with van der Waals surface area (Å²) in [5.41, 5.74) is 8.07. The van der Waals surface area contributed by atoms with Crippen molar-refractivity contribution in [2.45, 2.75) is 25.9 Å². The molecule has 1 aliphatic heterocycles. The molecule has 2 aromatic rings. The van der Waals surface area contributed by atoms with E-state index in [1.165, 1.54) is 38.5 Å². The van der Waals surface area contributed by atoms with Gasteiger partial charge in [-0.15, -0.1) is 0 Å². The molecular weight excluding hydrogens is 348 g/mol. The van der Waals surface area contributed by atoms with Gasteiger partial charge in [0, 0.05) is 0 Å².